The van der Waals surface area contributed by atoms with Crippen LogP contribution in [-0.4, -0.2) is 15.9 Å². The average molecular weight is 221 g/mol. The van der Waals surface area contributed by atoms with Gasteiger partial charge < -0.3 is 4.98 Å². The van der Waals surface area contributed by atoms with Gasteiger partial charge in [0.15, 0.2) is 0 Å². The largest absolute Gasteiger partial charge is 0.331 e. The molecule has 78 valence electrons. The number of aryl methyl sites for hydroxylation is 2. The van der Waals surface area contributed by atoms with Crippen molar-refractivity contribution >= 4 is 23.2 Å². The number of imidazole rings is 1. The summed E-state index contributed by atoms with van der Waals surface area (Å²) in [6, 6.07) is 1.89. The first-order chi connectivity index (χ1) is 7.16. The number of aromatic nitrogens is 2. The Hall–Kier alpha value is -1.62. The number of carbonyl (C=O) groups excluding carboxylic acids is 1. The summed E-state index contributed by atoms with van der Waals surface area (Å²) in [4.78, 5) is 20.3. The Kier molecular flexibility index (Phi) is 2.55. The van der Waals surface area contributed by atoms with Crippen molar-refractivity contribution < 1.29 is 4.79 Å². The lowest BCUT2D eigenvalue weighted by Crippen LogP contribution is -2.11. The maximum absolute atomic E-state index is 11.7. The zero-order valence-electron chi connectivity index (χ0n) is 8.50. The maximum Gasteiger partial charge on any atom is 0.268 e. The third-order valence-electron chi connectivity index (χ3n) is 2.12. The van der Waals surface area contributed by atoms with E-state index >= 15 is 0 Å². The molecule has 0 radical (unpaired) electrons. The van der Waals surface area contributed by atoms with Gasteiger partial charge in [-0.3, -0.25) is 10.1 Å². The van der Waals surface area contributed by atoms with Gasteiger partial charge in [-0.2, -0.15) is 0 Å². The number of nitrogens with zero attached hydrogens (tertiary/aromatic N) is 1. The normalized spacial score (nSPS) is 10.3. The molecule has 2 heterocycles. The Morgan fingerprint density at radius 1 is 1.53 bits per heavy atom. The highest BCUT2D eigenvalue weighted by Crippen LogP contribution is 2.21. The Bertz CT molecular complexity index is 453. The Morgan fingerprint density at radius 2 is 2.33 bits per heavy atom. The van der Waals surface area contributed by atoms with Gasteiger partial charge in [-0.05, 0) is 25.5 Å². The van der Waals surface area contributed by atoms with Crippen molar-refractivity contribution in [2.24, 2.45) is 0 Å². The predicted octanol–water partition coefficient (Wildman–Crippen LogP) is 2.34. The van der Waals surface area contributed by atoms with Gasteiger partial charge in [0.25, 0.3) is 5.91 Å². The number of amides is 1. The Labute approximate surface area is 91.4 Å². The number of anilines is 1. The average Bonchev–Trinajstić information content (AvgIpc) is 2.78. The molecule has 4 nitrogen and oxygen atoms in total. The first-order valence-electron chi connectivity index (χ1n) is 4.54. The van der Waals surface area contributed by atoms with Crippen molar-refractivity contribution in [1.29, 1.82) is 0 Å². The molecule has 0 saturated carbocycles. The molecule has 0 spiro atoms. The third kappa shape index (κ3) is 2.07. The monoisotopic (exact) mass is 221 g/mol. The lowest BCUT2D eigenvalue weighted by Gasteiger charge is -1.97. The van der Waals surface area contributed by atoms with Crippen LogP contribution in [0.2, 0.25) is 0 Å². The van der Waals surface area contributed by atoms with Crippen molar-refractivity contribution in [3.63, 3.8) is 0 Å². The van der Waals surface area contributed by atoms with Crippen LogP contribution < -0.4 is 5.32 Å². The summed E-state index contributed by atoms with van der Waals surface area (Å²) in [5.41, 5.74) is 1.14. The first kappa shape index (κ1) is 9.92. The second-order valence-corrected chi connectivity index (χ2v) is 4.50. The molecule has 5 heteroatoms. The first-order valence-corrected chi connectivity index (χ1v) is 5.36. The number of H-pyrrole nitrogens is 1. The van der Waals surface area contributed by atoms with E-state index in [1.54, 1.807) is 12.4 Å². The molecule has 1 amide bonds. The van der Waals surface area contributed by atoms with Crippen molar-refractivity contribution in [2.45, 2.75) is 13.8 Å². The molecule has 2 N–H and O–H groups in total. The molecule has 0 unspecified atom stereocenters. The molecule has 0 aliphatic carbocycles. The fourth-order valence-corrected chi connectivity index (χ4v) is 2.12. The quantitative estimate of drug-likeness (QED) is 0.817. The van der Waals surface area contributed by atoms with Crippen LogP contribution in [0.15, 0.2) is 18.5 Å². The van der Waals surface area contributed by atoms with Crippen LogP contribution in [0.1, 0.15) is 20.1 Å². The summed E-state index contributed by atoms with van der Waals surface area (Å²) in [6.07, 6.45) is 3.26. The molecule has 0 aliphatic heterocycles. The Balaban J connectivity index is 2.15. The van der Waals surface area contributed by atoms with Gasteiger partial charge in [0.1, 0.15) is 0 Å². The van der Waals surface area contributed by atoms with Gasteiger partial charge in [0.05, 0.1) is 4.88 Å². The fraction of sp³-hybridized carbons (Fsp3) is 0.200. The number of thiophene rings is 1. The van der Waals surface area contributed by atoms with Crippen LogP contribution in [0.25, 0.3) is 0 Å². The molecule has 15 heavy (non-hydrogen) atoms. The predicted molar refractivity (Wildman–Crippen MR) is 60.3 cm³/mol. The number of rotatable bonds is 2. The minimum absolute atomic E-state index is 0.119. The van der Waals surface area contributed by atoms with E-state index in [1.807, 2.05) is 19.9 Å². The molecule has 0 aliphatic rings. The number of hydrogen-bond acceptors (Lipinski definition) is 3. The van der Waals surface area contributed by atoms with Crippen LogP contribution in [0.4, 0.5) is 5.95 Å². The zero-order chi connectivity index (χ0) is 10.8. The number of nitrogens with one attached hydrogen (secondary N) is 2. The summed E-state index contributed by atoms with van der Waals surface area (Å²) in [5.74, 6) is 0.356. The molecular formula is C10H11N3OS. The fourth-order valence-electron chi connectivity index (χ4n) is 1.19. The number of aromatic amines is 1. The Morgan fingerprint density at radius 3 is 2.87 bits per heavy atom. The second-order valence-electron chi connectivity index (χ2n) is 3.24. The topological polar surface area (TPSA) is 57.8 Å². The zero-order valence-corrected chi connectivity index (χ0v) is 9.31. The lowest BCUT2D eigenvalue weighted by atomic mass is 10.3. The van der Waals surface area contributed by atoms with Crippen molar-refractivity contribution in [1.82, 2.24) is 9.97 Å². The van der Waals surface area contributed by atoms with Crippen LogP contribution >= 0.6 is 11.3 Å². The van der Waals surface area contributed by atoms with Gasteiger partial charge >= 0.3 is 0 Å². The van der Waals surface area contributed by atoms with Gasteiger partial charge in [0, 0.05) is 17.3 Å². The van der Waals surface area contributed by atoms with Crippen LogP contribution in [0, 0.1) is 13.8 Å². The van der Waals surface area contributed by atoms with Gasteiger partial charge in [0.2, 0.25) is 5.95 Å². The van der Waals surface area contributed by atoms with E-state index in [1.165, 1.54) is 16.2 Å². The third-order valence-corrected chi connectivity index (χ3v) is 3.27. The highest BCUT2D eigenvalue weighted by atomic mass is 32.1. The van der Waals surface area contributed by atoms with Crippen LogP contribution in [-0.2, 0) is 0 Å². The van der Waals surface area contributed by atoms with E-state index in [0.717, 1.165) is 5.56 Å². The van der Waals surface area contributed by atoms with E-state index in [9.17, 15) is 4.79 Å². The summed E-state index contributed by atoms with van der Waals surface area (Å²) >= 11 is 1.49. The molecular weight excluding hydrogens is 210 g/mol. The minimum atomic E-state index is -0.119. The number of hydrogen-bond donors (Lipinski definition) is 2. The molecule has 2 aromatic heterocycles. The van der Waals surface area contributed by atoms with Gasteiger partial charge in [-0.25, -0.2) is 4.98 Å². The standard InChI is InChI=1S/C10H11N3OS/c1-6-5-8(15-7(6)2)9(14)13-10-11-3-4-12-10/h3-5H,1-2H3,(H2,11,12,13,14). The second kappa shape index (κ2) is 3.86. The van der Waals surface area contributed by atoms with Crippen LogP contribution in [0.5, 0.6) is 0 Å². The summed E-state index contributed by atoms with van der Waals surface area (Å²) < 4.78 is 0. The number of carbonyl (C=O) groups is 1. The molecule has 0 saturated heterocycles. The van der Waals surface area contributed by atoms with E-state index in [0.29, 0.717) is 10.8 Å². The van der Waals surface area contributed by atoms with Gasteiger partial charge in [-0.1, -0.05) is 0 Å². The molecule has 0 atom stereocenters. The molecule has 2 rings (SSSR count). The smallest absolute Gasteiger partial charge is 0.268 e. The van der Waals surface area contributed by atoms with Gasteiger partial charge in [-0.15, -0.1) is 11.3 Å². The highest BCUT2D eigenvalue weighted by Gasteiger charge is 2.11. The molecule has 0 fully saturated rings. The van der Waals surface area contributed by atoms with Crippen molar-refractivity contribution in [2.75, 3.05) is 5.32 Å². The summed E-state index contributed by atoms with van der Waals surface area (Å²) in [6.45, 7) is 4.00. The highest BCUT2D eigenvalue weighted by molar-refractivity contribution is 7.14. The molecule has 2 aromatic rings. The maximum atomic E-state index is 11.7. The van der Waals surface area contributed by atoms with Crippen LogP contribution in [0.3, 0.4) is 0 Å². The van der Waals surface area contributed by atoms with E-state index in [-0.39, 0.29) is 5.91 Å². The SMILES string of the molecule is Cc1cc(C(=O)Nc2ncc[nH]2)sc1C. The molecule has 0 aromatic carbocycles. The van der Waals surface area contributed by atoms with E-state index in [4.69, 9.17) is 0 Å². The van der Waals surface area contributed by atoms with E-state index in [2.05, 4.69) is 15.3 Å². The summed E-state index contributed by atoms with van der Waals surface area (Å²) in [5, 5.41) is 2.68. The minimum Gasteiger partial charge on any atom is -0.331 e. The van der Waals surface area contributed by atoms with E-state index < -0.39 is 0 Å². The molecule has 0 bridgehead atoms. The van der Waals surface area contributed by atoms with Crippen molar-refractivity contribution in [3.8, 4) is 0 Å². The lowest BCUT2D eigenvalue weighted by molar-refractivity contribution is 0.102. The summed E-state index contributed by atoms with van der Waals surface area (Å²) in [7, 11) is 0. The van der Waals surface area contributed by atoms with Crippen molar-refractivity contribution in [3.05, 3.63) is 33.8 Å².